The third-order valence-corrected chi connectivity index (χ3v) is 6.67. The minimum absolute atomic E-state index is 0.0608. The van der Waals surface area contributed by atoms with Gasteiger partial charge in [0.05, 0.1) is 22.0 Å². The number of ether oxygens (including phenoxy) is 2. The summed E-state index contributed by atoms with van der Waals surface area (Å²) in [5.74, 6) is -0.0456. The molecular weight excluding hydrogens is 531 g/mol. The van der Waals surface area contributed by atoms with Gasteiger partial charge in [-0.25, -0.2) is 4.98 Å². The van der Waals surface area contributed by atoms with Crippen LogP contribution >= 0.6 is 22.7 Å². The van der Waals surface area contributed by atoms with Gasteiger partial charge in [0.15, 0.2) is 5.13 Å². The normalized spacial score (nSPS) is 11.2. The van der Waals surface area contributed by atoms with E-state index in [1.807, 2.05) is 6.92 Å². The van der Waals surface area contributed by atoms with E-state index in [-0.39, 0.29) is 31.5 Å². The zero-order valence-electron chi connectivity index (χ0n) is 19.1. The van der Waals surface area contributed by atoms with Crippen LogP contribution in [0.5, 0.6) is 16.6 Å². The number of nitro groups is 1. The first-order valence-electron chi connectivity index (χ1n) is 10.8. The number of carbonyl (C=O) groups is 1. The Labute approximate surface area is 216 Å². The smallest absolute Gasteiger partial charge is 0.416 e. The van der Waals surface area contributed by atoms with Crippen molar-refractivity contribution in [3.63, 3.8) is 0 Å². The number of rotatable bonds is 9. The maximum atomic E-state index is 13.2. The van der Waals surface area contributed by atoms with Crippen LogP contribution in [0.4, 0.5) is 23.3 Å². The molecule has 8 nitrogen and oxygen atoms in total. The van der Waals surface area contributed by atoms with Crippen LogP contribution < -0.4 is 14.8 Å². The number of hydrogen-bond acceptors (Lipinski definition) is 8. The van der Waals surface area contributed by atoms with Crippen LogP contribution in [0.2, 0.25) is 0 Å². The Kier molecular flexibility index (Phi) is 7.74. The van der Waals surface area contributed by atoms with E-state index < -0.39 is 22.6 Å². The molecule has 0 atom stereocenters. The van der Waals surface area contributed by atoms with Gasteiger partial charge in [0.2, 0.25) is 5.06 Å². The molecule has 4 rings (SSSR count). The number of aromatic nitrogens is 1. The largest absolute Gasteiger partial charge is 0.494 e. The van der Waals surface area contributed by atoms with Gasteiger partial charge in [-0.3, -0.25) is 20.2 Å². The molecule has 13 heteroatoms. The number of thiophene rings is 1. The summed E-state index contributed by atoms with van der Waals surface area (Å²) >= 11 is 1.61. The lowest BCUT2D eigenvalue weighted by Gasteiger charge is -2.10. The van der Waals surface area contributed by atoms with E-state index >= 15 is 0 Å². The zero-order valence-corrected chi connectivity index (χ0v) is 20.7. The Morgan fingerprint density at radius 1 is 1.08 bits per heavy atom. The predicted octanol–water partition coefficient (Wildman–Crippen LogP) is 7.63. The van der Waals surface area contributed by atoms with Crippen molar-refractivity contribution in [1.29, 1.82) is 0 Å². The number of carbonyl (C=O) groups excluding carboxylic acids is 1. The van der Waals surface area contributed by atoms with E-state index in [1.165, 1.54) is 24.3 Å². The van der Waals surface area contributed by atoms with Gasteiger partial charge in [0.25, 0.3) is 5.91 Å². The third-order valence-electron chi connectivity index (χ3n) is 4.78. The Bertz CT molecular complexity index is 1420. The van der Waals surface area contributed by atoms with Crippen LogP contribution in [0.3, 0.4) is 0 Å². The molecule has 2 aromatic heterocycles. The van der Waals surface area contributed by atoms with Crippen molar-refractivity contribution < 1.29 is 32.4 Å². The van der Waals surface area contributed by atoms with Crippen molar-refractivity contribution in [2.45, 2.75) is 19.5 Å². The summed E-state index contributed by atoms with van der Waals surface area (Å²) in [6.45, 7) is 2.52. The fourth-order valence-corrected chi connectivity index (χ4v) is 4.66. The first kappa shape index (κ1) is 26.1. The minimum Gasteiger partial charge on any atom is -0.494 e. The topological polar surface area (TPSA) is 104 Å². The second-order valence-corrected chi connectivity index (χ2v) is 9.53. The van der Waals surface area contributed by atoms with Crippen LogP contribution in [0.15, 0.2) is 60.7 Å². The molecule has 0 aliphatic rings. The van der Waals surface area contributed by atoms with E-state index in [2.05, 4.69) is 10.3 Å². The van der Waals surface area contributed by atoms with Crippen molar-refractivity contribution >= 4 is 38.7 Å². The molecule has 0 aliphatic carbocycles. The fraction of sp³-hybridized carbons (Fsp3) is 0.167. The molecule has 37 heavy (non-hydrogen) atoms. The van der Waals surface area contributed by atoms with Gasteiger partial charge < -0.3 is 9.47 Å². The molecule has 0 bridgehead atoms. The van der Waals surface area contributed by atoms with Gasteiger partial charge in [-0.1, -0.05) is 35.7 Å². The van der Waals surface area contributed by atoms with Gasteiger partial charge in [0, 0.05) is 11.6 Å². The lowest BCUT2D eigenvalue weighted by atomic mass is 10.1. The Morgan fingerprint density at radius 3 is 2.49 bits per heavy atom. The van der Waals surface area contributed by atoms with E-state index in [9.17, 15) is 28.1 Å². The summed E-state index contributed by atoms with van der Waals surface area (Å²) in [5.41, 5.74) is -0.00689. The molecule has 1 amide bonds. The quantitative estimate of drug-likeness (QED) is 0.170. The molecule has 0 fully saturated rings. The molecule has 0 saturated heterocycles. The molecule has 0 spiro atoms. The van der Waals surface area contributed by atoms with Gasteiger partial charge in [-0.15, -0.1) is 0 Å². The summed E-state index contributed by atoms with van der Waals surface area (Å²) in [6, 6.07) is 13.8. The van der Waals surface area contributed by atoms with E-state index in [1.54, 1.807) is 24.3 Å². The van der Waals surface area contributed by atoms with Crippen molar-refractivity contribution in [1.82, 2.24) is 4.98 Å². The van der Waals surface area contributed by atoms with E-state index in [4.69, 9.17) is 9.47 Å². The number of nitrogens with zero attached hydrogens (tertiary/aromatic N) is 2. The van der Waals surface area contributed by atoms with E-state index in [0.29, 0.717) is 29.3 Å². The summed E-state index contributed by atoms with van der Waals surface area (Å²) in [7, 11) is 0. The summed E-state index contributed by atoms with van der Waals surface area (Å²) in [6.07, 6.45) is -3.72. The molecule has 192 valence electrons. The van der Waals surface area contributed by atoms with Gasteiger partial charge in [-0.05, 0) is 55.0 Å². The number of anilines is 1. The Hall–Kier alpha value is -3.97. The van der Waals surface area contributed by atoms with Gasteiger partial charge in [-0.2, -0.15) is 13.2 Å². The average Bonchev–Trinajstić information content (AvgIpc) is 3.51. The maximum absolute atomic E-state index is 13.2. The highest BCUT2D eigenvalue weighted by Gasteiger charge is 2.31. The first-order valence-corrected chi connectivity index (χ1v) is 12.4. The van der Waals surface area contributed by atoms with Crippen LogP contribution in [0.1, 0.15) is 28.6 Å². The van der Waals surface area contributed by atoms with Crippen molar-refractivity contribution in [2.75, 3.05) is 11.9 Å². The fourth-order valence-electron chi connectivity index (χ4n) is 3.09. The van der Waals surface area contributed by atoms with Gasteiger partial charge >= 0.3 is 11.2 Å². The third kappa shape index (κ3) is 6.43. The van der Waals surface area contributed by atoms with Crippen LogP contribution in [-0.2, 0) is 6.18 Å². The molecule has 0 saturated carbocycles. The molecule has 1 N–H and O–H groups in total. The molecule has 0 unspecified atom stereocenters. The average molecular weight is 550 g/mol. The standard InChI is InChI=1S/C24H18F3N3O5S2/c1-2-12-34-16-8-6-14(7-9-16)20-22(35-17-5-3-4-15(13-17)24(25,26)27)37-23(28-20)29-21(31)18-10-11-19(36-18)30(32)33/h3-11,13H,2,12H2,1H3,(H,28,29,31). The van der Waals surface area contributed by atoms with Gasteiger partial charge in [0.1, 0.15) is 17.2 Å². The number of nitrogens with one attached hydrogen (secondary N) is 1. The second-order valence-electron chi connectivity index (χ2n) is 7.50. The maximum Gasteiger partial charge on any atom is 0.416 e. The lowest BCUT2D eigenvalue weighted by molar-refractivity contribution is -0.380. The number of hydrogen-bond donors (Lipinski definition) is 1. The second kappa shape index (κ2) is 11.0. The van der Waals surface area contributed by atoms with E-state index in [0.717, 1.165) is 29.9 Å². The van der Waals surface area contributed by atoms with Crippen molar-refractivity contribution in [3.05, 3.63) is 81.2 Å². The van der Waals surface area contributed by atoms with Crippen molar-refractivity contribution in [2.24, 2.45) is 0 Å². The molecule has 0 radical (unpaired) electrons. The summed E-state index contributed by atoms with van der Waals surface area (Å²) in [5, 5.41) is 13.6. The molecule has 0 aliphatic heterocycles. The highest BCUT2D eigenvalue weighted by molar-refractivity contribution is 7.19. The lowest BCUT2D eigenvalue weighted by Crippen LogP contribution is -2.09. The number of thiazole rings is 1. The van der Waals surface area contributed by atoms with Crippen molar-refractivity contribution in [3.8, 4) is 27.8 Å². The Morgan fingerprint density at radius 2 is 1.84 bits per heavy atom. The number of benzene rings is 2. The molecule has 2 aromatic carbocycles. The van der Waals surface area contributed by atoms with Crippen LogP contribution in [-0.4, -0.2) is 22.4 Å². The molecular formula is C24H18F3N3O5S2. The number of halogens is 3. The van der Waals surface area contributed by atoms with Crippen LogP contribution in [0.25, 0.3) is 11.3 Å². The SMILES string of the molecule is CCCOc1ccc(-c2nc(NC(=O)c3ccc([N+](=O)[O-])s3)sc2Oc2cccc(C(F)(F)F)c2)cc1. The number of alkyl halides is 3. The number of amides is 1. The van der Waals surface area contributed by atoms with Crippen LogP contribution in [0, 0.1) is 10.1 Å². The predicted molar refractivity (Wildman–Crippen MR) is 134 cm³/mol. The molecule has 2 heterocycles. The highest BCUT2D eigenvalue weighted by Crippen LogP contribution is 2.42. The summed E-state index contributed by atoms with van der Waals surface area (Å²) < 4.78 is 50.9. The summed E-state index contributed by atoms with van der Waals surface area (Å²) in [4.78, 5) is 27.5. The molecule has 4 aromatic rings. The first-order chi connectivity index (χ1) is 17.6. The highest BCUT2D eigenvalue weighted by atomic mass is 32.1. The zero-order chi connectivity index (χ0) is 26.6. The minimum atomic E-state index is -4.55. The monoisotopic (exact) mass is 549 g/mol. The Balaban J connectivity index is 1.65.